The molecule has 8 heteroatoms. The summed E-state index contributed by atoms with van der Waals surface area (Å²) in [6.45, 7) is 9.83. The zero-order valence-corrected chi connectivity index (χ0v) is 14.9. The summed E-state index contributed by atoms with van der Waals surface area (Å²) in [7, 11) is -3.89. The van der Waals surface area contributed by atoms with Gasteiger partial charge in [-0.1, -0.05) is 0 Å². The predicted molar refractivity (Wildman–Crippen MR) is 78.8 cm³/mol. The van der Waals surface area contributed by atoms with Crippen molar-refractivity contribution in [1.29, 1.82) is 0 Å². The molecule has 116 valence electrons. The Morgan fingerprint density at radius 3 is 1.84 bits per heavy atom. The summed E-state index contributed by atoms with van der Waals surface area (Å²) in [5, 5.41) is 0. The lowest BCUT2D eigenvalue weighted by molar-refractivity contribution is 0.0611. The molecule has 0 aliphatic heterocycles. The van der Waals surface area contributed by atoms with Crippen LogP contribution in [0, 0.1) is 0 Å². The van der Waals surface area contributed by atoms with Crippen molar-refractivity contribution in [3.63, 3.8) is 0 Å². The third-order valence-corrected chi connectivity index (χ3v) is 9.24. The topological polar surface area (TPSA) is 72.2 Å². The van der Waals surface area contributed by atoms with Crippen LogP contribution >= 0.6 is 0 Å². The van der Waals surface area contributed by atoms with Crippen LogP contribution in [0.3, 0.4) is 0 Å². The summed E-state index contributed by atoms with van der Waals surface area (Å²) in [5.41, 5.74) is 5.59. The summed E-state index contributed by atoms with van der Waals surface area (Å²) in [4.78, 5) is 0. The highest BCUT2D eigenvalue weighted by Crippen LogP contribution is 2.24. The summed E-state index contributed by atoms with van der Waals surface area (Å²) in [6.07, 6.45) is 0.798. The van der Waals surface area contributed by atoms with Crippen LogP contribution in [-0.2, 0) is 21.8 Å². The quantitative estimate of drug-likeness (QED) is 0.552. The average molecular weight is 312 g/mol. The molecule has 0 fully saturated rings. The maximum Gasteiger partial charge on any atom is 0.493 e. The van der Waals surface area contributed by atoms with Crippen LogP contribution in [0.25, 0.3) is 0 Å². The van der Waals surface area contributed by atoms with Gasteiger partial charge >= 0.3 is 17.6 Å². The molecule has 0 heterocycles. The lowest BCUT2D eigenvalue weighted by Crippen LogP contribution is -2.57. The molecule has 0 aromatic heterocycles. The Balaban J connectivity index is 4.95. The minimum Gasteiger partial charge on any atom is -0.377 e. The summed E-state index contributed by atoms with van der Waals surface area (Å²) >= 11 is 0. The van der Waals surface area contributed by atoms with Crippen LogP contribution in [0.5, 0.6) is 0 Å². The molecule has 19 heavy (non-hydrogen) atoms. The summed E-state index contributed by atoms with van der Waals surface area (Å²) in [6, 6.07) is 0.685. The molecule has 1 unspecified atom stereocenters. The first-order chi connectivity index (χ1) is 9.01. The minimum absolute atomic E-state index is 0.538. The SMILES string of the molecule is CCO[Si](C)(OC)O[Si](CCCN)(OCC)OCC. The average Bonchev–Trinajstić information content (AvgIpc) is 2.37. The number of hydrogen-bond acceptors (Lipinski definition) is 6. The Bertz CT molecular complexity index is 229. The van der Waals surface area contributed by atoms with E-state index in [-0.39, 0.29) is 0 Å². The van der Waals surface area contributed by atoms with Crippen molar-refractivity contribution >= 4 is 17.6 Å². The highest BCUT2D eigenvalue weighted by Gasteiger charge is 2.49. The van der Waals surface area contributed by atoms with E-state index in [0.29, 0.717) is 32.4 Å². The molecule has 0 aromatic rings. The van der Waals surface area contributed by atoms with E-state index in [0.717, 1.165) is 6.42 Å². The highest BCUT2D eigenvalue weighted by atomic mass is 28.5. The first kappa shape index (κ1) is 19.2. The summed E-state index contributed by atoms with van der Waals surface area (Å²) < 4.78 is 28.9. The molecule has 0 amide bonds. The molecule has 0 spiro atoms. The van der Waals surface area contributed by atoms with Gasteiger partial charge in [0.05, 0.1) is 0 Å². The van der Waals surface area contributed by atoms with Crippen LogP contribution in [0.15, 0.2) is 0 Å². The predicted octanol–water partition coefficient (Wildman–Crippen LogP) is 1.62. The third-order valence-electron chi connectivity index (χ3n) is 2.53. The van der Waals surface area contributed by atoms with E-state index < -0.39 is 17.6 Å². The van der Waals surface area contributed by atoms with Gasteiger partial charge in [-0.15, -0.1) is 0 Å². The second-order valence-electron chi connectivity index (χ2n) is 4.04. The molecule has 2 N–H and O–H groups in total. The fourth-order valence-electron chi connectivity index (χ4n) is 1.73. The second-order valence-corrected chi connectivity index (χ2v) is 9.72. The smallest absolute Gasteiger partial charge is 0.377 e. The maximum atomic E-state index is 6.13. The number of rotatable bonds is 12. The molecule has 1 atom stereocenters. The van der Waals surface area contributed by atoms with Crippen LogP contribution in [-0.4, -0.2) is 51.1 Å². The molecule has 0 rings (SSSR count). The molecule has 6 nitrogen and oxygen atoms in total. The normalized spacial score (nSPS) is 15.5. The van der Waals surface area contributed by atoms with Gasteiger partial charge in [0.15, 0.2) is 0 Å². The Morgan fingerprint density at radius 1 is 0.947 bits per heavy atom. The van der Waals surface area contributed by atoms with Crippen molar-refractivity contribution < 1.29 is 21.8 Å². The maximum absolute atomic E-state index is 6.13. The Labute approximate surface area is 119 Å². The Hall–Kier alpha value is 0.194. The van der Waals surface area contributed by atoms with Crippen molar-refractivity contribution in [2.75, 3.05) is 33.5 Å². The fourth-order valence-corrected chi connectivity index (χ4v) is 7.97. The molecular formula is C11H29NO5Si2. The first-order valence-corrected chi connectivity index (χ1v) is 11.0. The summed E-state index contributed by atoms with van der Waals surface area (Å²) in [5.74, 6) is 0. The van der Waals surface area contributed by atoms with Crippen LogP contribution in [0.2, 0.25) is 12.6 Å². The van der Waals surface area contributed by atoms with Gasteiger partial charge in [-0.2, -0.15) is 0 Å². The highest BCUT2D eigenvalue weighted by molar-refractivity contribution is 6.74. The molecule has 0 radical (unpaired) electrons. The molecule has 0 saturated carbocycles. The van der Waals surface area contributed by atoms with Crippen LogP contribution < -0.4 is 5.73 Å². The van der Waals surface area contributed by atoms with E-state index in [1.165, 1.54) is 0 Å². The molecule has 0 aliphatic rings. The van der Waals surface area contributed by atoms with E-state index in [9.17, 15) is 0 Å². The van der Waals surface area contributed by atoms with Gasteiger partial charge in [0.2, 0.25) is 0 Å². The monoisotopic (exact) mass is 311 g/mol. The van der Waals surface area contributed by atoms with Crippen molar-refractivity contribution in [3.8, 4) is 0 Å². The zero-order valence-electron chi connectivity index (χ0n) is 12.9. The van der Waals surface area contributed by atoms with Crippen LogP contribution in [0.4, 0.5) is 0 Å². The van der Waals surface area contributed by atoms with Crippen molar-refractivity contribution in [1.82, 2.24) is 0 Å². The molecule has 0 aromatic carbocycles. The lowest BCUT2D eigenvalue weighted by Gasteiger charge is -2.35. The molecule has 0 bridgehead atoms. The lowest BCUT2D eigenvalue weighted by atomic mass is 10.5. The standard InChI is InChI=1S/C11H29NO5Si2/c1-6-14-18(5,13-4)17-19(15-7-2,16-8-3)11-9-10-12/h6-12H2,1-5H3. The zero-order chi connectivity index (χ0) is 14.8. The van der Waals surface area contributed by atoms with Gasteiger partial charge in [-0.05, 0) is 33.7 Å². The van der Waals surface area contributed by atoms with Gasteiger partial charge in [-0.25, -0.2) is 0 Å². The van der Waals surface area contributed by atoms with Gasteiger partial charge < -0.3 is 27.6 Å². The largest absolute Gasteiger partial charge is 0.493 e. The molecule has 0 saturated heterocycles. The van der Waals surface area contributed by atoms with Crippen molar-refractivity contribution in [2.45, 2.75) is 39.8 Å². The van der Waals surface area contributed by atoms with Crippen LogP contribution in [0.1, 0.15) is 27.2 Å². The van der Waals surface area contributed by atoms with Gasteiger partial charge in [-0.3, -0.25) is 0 Å². The van der Waals surface area contributed by atoms with Gasteiger partial charge in [0.25, 0.3) is 0 Å². The minimum atomic E-state index is -2.78. The Kier molecular flexibility index (Phi) is 10.1. The fraction of sp³-hybridized carbons (Fsp3) is 1.00. The first-order valence-electron chi connectivity index (χ1n) is 6.88. The third kappa shape index (κ3) is 6.95. The van der Waals surface area contributed by atoms with Crippen molar-refractivity contribution in [3.05, 3.63) is 0 Å². The van der Waals surface area contributed by atoms with E-state index in [2.05, 4.69) is 0 Å². The van der Waals surface area contributed by atoms with E-state index in [4.69, 9.17) is 27.6 Å². The second kappa shape index (κ2) is 10.00. The van der Waals surface area contributed by atoms with Gasteiger partial charge in [0.1, 0.15) is 0 Å². The molecule has 0 aliphatic carbocycles. The van der Waals surface area contributed by atoms with E-state index in [1.54, 1.807) is 7.11 Å². The van der Waals surface area contributed by atoms with Crippen molar-refractivity contribution in [2.24, 2.45) is 5.73 Å². The van der Waals surface area contributed by atoms with E-state index >= 15 is 0 Å². The van der Waals surface area contributed by atoms with E-state index in [1.807, 2.05) is 27.3 Å². The Morgan fingerprint density at radius 2 is 1.47 bits per heavy atom. The molecular weight excluding hydrogens is 282 g/mol. The number of nitrogens with two attached hydrogens (primary N) is 1. The number of hydrogen-bond donors (Lipinski definition) is 1. The van der Waals surface area contributed by atoms with Gasteiger partial charge in [0, 0.05) is 39.5 Å².